The third-order valence-electron chi connectivity index (χ3n) is 3.42. The lowest BCUT2D eigenvalue weighted by molar-refractivity contribution is 0.0978. The lowest BCUT2D eigenvalue weighted by atomic mass is 9.97. The fourth-order valence-electron chi connectivity index (χ4n) is 2.30. The van der Waals surface area contributed by atoms with Gasteiger partial charge in [-0.25, -0.2) is 14.6 Å². The highest BCUT2D eigenvalue weighted by molar-refractivity contribution is 7.10. The molecular formula is C16H13N5OS. The summed E-state index contributed by atoms with van der Waals surface area (Å²) in [5.74, 6) is -1.11. The Morgan fingerprint density at radius 2 is 2.22 bits per heavy atom. The smallest absolute Gasteiger partial charge is 0.186 e. The number of rotatable bonds is 4. The minimum Gasteiger partial charge on any atom is -0.292 e. The molecule has 0 saturated heterocycles. The van der Waals surface area contributed by atoms with Crippen molar-refractivity contribution in [3.63, 3.8) is 0 Å². The first kappa shape index (κ1) is 15.1. The van der Waals surface area contributed by atoms with Gasteiger partial charge in [-0.2, -0.15) is 10.4 Å². The highest BCUT2D eigenvalue weighted by Crippen LogP contribution is 2.25. The standard InChI is InChI=1S/C16H13N5OS/c1-10-5-12(3-4-14(10)21-9-18-8-19-21)15(22)13(6-17)16-20-11(2)7-23-16/h3-5,7-9,13H,1-2H3/t13-/m0/s1. The summed E-state index contributed by atoms with van der Waals surface area (Å²) in [5.41, 5.74) is 3.03. The minimum absolute atomic E-state index is 0.241. The summed E-state index contributed by atoms with van der Waals surface area (Å²) in [6.45, 7) is 3.73. The second-order valence-corrected chi connectivity index (χ2v) is 5.98. The van der Waals surface area contributed by atoms with Gasteiger partial charge in [-0.3, -0.25) is 4.79 Å². The molecule has 0 N–H and O–H groups in total. The van der Waals surface area contributed by atoms with Crippen molar-refractivity contribution in [1.29, 1.82) is 5.26 Å². The highest BCUT2D eigenvalue weighted by atomic mass is 32.1. The minimum atomic E-state index is -0.870. The molecule has 0 fully saturated rings. The van der Waals surface area contributed by atoms with E-state index in [9.17, 15) is 10.1 Å². The fourth-order valence-corrected chi connectivity index (χ4v) is 3.13. The maximum atomic E-state index is 12.6. The van der Waals surface area contributed by atoms with Crippen LogP contribution in [-0.4, -0.2) is 25.5 Å². The number of benzene rings is 1. The van der Waals surface area contributed by atoms with Crippen LogP contribution in [0.25, 0.3) is 5.69 Å². The van der Waals surface area contributed by atoms with E-state index >= 15 is 0 Å². The van der Waals surface area contributed by atoms with Gasteiger partial charge in [0.1, 0.15) is 17.7 Å². The van der Waals surface area contributed by atoms with E-state index in [1.807, 2.05) is 19.2 Å². The Labute approximate surface area is 137 Å². The third-order valence-corrected chi connectivity index (χ3v) is 4.45. The quantitative estimate of drug-likeness (QED) is 0.689. The van der Waals surface area contributed by atoms with Crippen molar-refractivity contribution >= 4 is 17.1 Å². The average molecular weight is 323 g/mol. The van der Waals surface area contributed by atoms with Gasteiger partial charge in [-0.15, -0.1) is 11.3 Å². The molecule has 0 spiro atoms. The highest BCUT2D eigenvalue weighted by Gasteiger charge is 2.25. The number of hydrogen-bond acceptors (Lipinski definition) is 6. The molecule has 0 radical (unpaired) electrons. The van der Waals surface area contributed by atoms with Crippen LogP contribution in [0.2, 0.25) is 0 Å². The maximum absolute atomic E-state index is 12.6. The first-order valence-corrected chi connectivity index (χ1v) is 7.79. The van der Waals surface area contributed by atoms with Crippen LogP contribution in [0, 0.1) is 25.2 Å². The van der Waals surface area contributed by atoms with E-state index in [0.717, 1.165) is 16.9 Å². The van der Waals surface area contributed by atoms with Crippen molar-refractivity contribution in [2.75, 3.05) is 0 Å². The van der Waals surface area contributed by atoms with Gasteiger partial charge < -0.3 is 0 Å². The van der Waals surface area contributed by atoms with E-state index in [1.54, 1.807) is 29.2 Å². The van der Waals surface area contributed by atoms with Crippen LogP contribution in [0.4, 0.5) is 0 Å². The summed E-state index contributed by atoms with van der Waals surface area (Å²) in [6.07, 6.45) is 3.05. The number of ketones is 1. The second-order valence-electron chi connectivity index (χ2n) is 5.09. The molecule has 1 aromatic carbocycles. The Kier molecular flexibility index (Phi) is 4.00. The van der Waals surface area contributed by atoms with Crippen molar-refractivity contribution in [2.24, 2.45) is 0 Å². The number of thiazole rings is 1. The number of aryl methyl sites for hydroxylation is 2. The van der Waals surface area contributed by atoms with Gasteiger partial charge in [0, 0.05) is 16.6 Å². The molecule has 0 saturated carbocycles. The van der Waals surface area contributed by atoms with Gasteiger partial charge in [-0.1, -0.05) is 0 Å². The third kappa shape index (κ3) is 2.89. The van der Waals surface area contributed by atoms with E-state index in [4.69, 9.17) is 0 Å². The number of carbonyl (C=O) groups is 1. The molecule has 0 bridgehead atoms. The molecule has 0 unspecified atom stereocenters. The predicted molar refractivity (Wildman–Crippen MR) is 85.6 cm³/mol. The number of nitrogens with zero attached hydrogens (tertiary/aromatic N) is 5. The Morgan fingerprint density at radius 3 is 2.78 bits per heavy atom. The second kappa shape index (κ2) is 6.10. The molecule has 0 aliphatic carbocycles. The normalized spacial score (nSPS) is 11.9. The average Bonchev–Trinajstić information content (AvgIpc) is 3.20. The first-order chi connectivity index (χ1) is 11.1. The molecule has 2 heterocycles. The molecule has 1 atom stereocenters. The number of nitriles is 1. The number of aromatic nitrogens is 4. The molecule has 0 aliphatic heterocycles. The maximum Gasteiger partial charge on any atom is 0.186 e. The van der Waals surface area contributed by atoms with Crippen LogP contribution < -0.4 is 0 Å². The lowest BCUT2D eigenvalue weighted by Gasteiger charge is -2.09. The van der Waals surface area contributed by atoms with Crippen molar-refractivity contribution < 1.29 is 4.79 Å². The van der Waals surface area contributed by atoms with Crippen molar-refractivity contribution in [3.05, 3.63) is 58.1 Å². The molecule has 23 heavy (non-hydrogen) atoms. The molecule has 6 nitrogen and oxygen atoms in total. The van der Waals surface area contributed by atoms with Gasteiger partial charge in [-0.05, 0) is 37.6 Å². The van der Waals surface area contributed by atoms with E-state index in [0.29, 0.717) is 10.6 Å². The zero-order valence-electron chi connectivity index (χ0n) is 12.6. The van der Waals surface area contributed by atoms with Crippen LogP contribution in [-0.2, 0) is 0 Å². The Balaban J connectivity index is 1.93. The zero-order valence-corrected chi connectivity index (χ0v) is 13.4. The summed E-state index contributed by atoms with van der Waals surface area (Å²) >= 11 is 1.33. The van der Waals surface area contributed by atoms with Crippen LogP contribution in [0.5, 0.6) is 0 Å². The molecule has 3 rings (SSSR count). The molecule has 0 aliphatic rings. The molecule has 114 valence electrons. The Bertz CT molecular complexity index is 892. The lowest BCUT2D eigenvalue weighted by Crippen LogP contribution is -2.12. The van der Waals surface area contributed by atoms with Crippen molar-refractivity contribution in [1.82, 2.24) is 19.7 Å². The summed E-state index contributed by atoms with van der Waals surface area (Å²) < 4.78 is 1.63. The number of carbonyl (C=O) groups excluding carboxylic acids is 1. The summed E-state index contributed by atoms with van der Waals surface area (Å²) in [6, 6.07) is 7.34. The Hall–Kier alpha value is -2.85. The zero-order chi connectivity index (χ0) is 16.4. The van der Waals surface area contributed by atoms with E-state index in [2.05, 4.69) is 21.1 Å². The van der Waals surface area contributed by atoms with Crippen molar-refractivity contribution in [2.45, 2.75) is 19.8 Å². The molecule has 7 heteroatoms. The SMILES string of the molecule is Cc1csc([C@@H](C#N)C(=O)c2ccc(-n3cncn3)c(C)c2)n1. The van der Waals surface area contributed by atoms with E-state index in [-0.39, 0.29) is 5.78 Å². The van der Waals surface area contributed by atoms with Gasteiger partial charge in [0.05, 0.1) is 11.8 Å². The van der Waals surface area contributed by atoms with Crippen LogP contribution in [0.3, 0.4) is 0 Å². The predicted octanol–water partition coefficient (Wildman–Crippen LogP) is 2.83. The molecular weight excluding hydrogens is 310 g/mol. The van der Waals surface area contributed by atoms with Gasteiger partial charge in [0.15, 0.2) is 11.7 Å². The van der Waals surface area contributed by atoms with Crippen molar-refractivity contribution in [3.8, 4) is 11.8 Å². The summed E-state index contributed by atoms with van der Waals surface area (Å²) in [7, 11) is 0. The molecule has 3 aromatic rings. The van der Waals surface area contributed by atoms with Crippen LogP contribution >= 0.6 is 11.3 Å². The van der Waals surface area contributed by atoms with Gasteiger partial charge in [0.25, 0.3) is 0 Å². The summed E-state index contributed by atoms with van der Waals surface area (Å²) in [5, 5.41) is 15.8. The van der Waals surface area contributed by atoms with E-state index in [1.165, 1.54) is 17.7 Å². The van der Waals surface area contributed by atoms with E-state index < -0.39 is 5.92 Å². The van der Waals surface area contributed by atoms with Gasteiger partial charge in [0.2, 0.25) is 0 Å². The fraction of sp³-hybridized carbons (Fsp3) is 0.188. The number of hydrogen-bond donors (Lipinski definition) is 0. The molecule has 0 amide bonds. The van der Waals surface area contributed by atoms with Gasteiger partial charge >= 0.3 is 0 Å². The Morgan fingerprint density at radius 1 is 1.39 bits per heavy atom. The first-order valence-electron chi connectivity index (χ1n) is 6.91. The van der Waals surface area contributed by atoms with Crippen LogP contribution in [0.1, 0.15) is 32.5 Å². The number of Topliss-reactive ketones (excluding diaryl/α,β-unsaturated/α-hetero) is 1. The topological polar surface area (TPSA) is 84.5 Å². The largest absolute Gasteiger partial charge is 0.292 e. The summed E-state index contributed by atoms with van der Waals surface area (Å²) in [4.78, 5) is 20.8. The van der Waals surface area contributed by atoms with Crippen LogP contribution in [0.15, 0.2) is 36.2 Å². The molecule has 2 aromatic heterocycles. The monoisotopic (exact) mass is 323 g/mol.